The highest BCUT2D eigenvalue weighted by atomic mass is 16.4. The van der Waals surface area contributed by atoms with Gasteiger partial charge in [-0.2, -0.15) is 0 Å². The molecule has 0 radical (unpaired) electrons. The third kappa shape index (κ3) is 20.2. The number of aliphatic carboxylic acids is 1. The molecule has 0 bridgehead atoms. The number of unbranched alkanes of at least 4 members (excludes halogenated alkanes) is 12. The molecule has 4 nitrogen and oxygen atoms in total. The summed E-state index contributed by atoms with van der Waals surface area (Å²) in [6.45, 7) is 2.74. The van der Waals surface area contributed by atoms with Gasteiger partial charge in [-0.05, 0) is 32.1 Å². The molecular weight excluding hydrogens is 362 g/mol. The van der Waals surface area contributed by atoms with E-state index in [0.29, 0.717) is 17.4 Å². The molecule has 0 aliphatic carbocycles. The molecule has 0 heterocycles. The second-order valence-electron chi connectivity index (χ2n) is 9.93. The third-order valence-electron chi connectivity index (χ3n) is 5.40. The summed E-state index contributed by atoms with van der Waals surface area (Å²) in [5.41, 5.74) is -1.09. The molecule has 0 aliphatic heterocycles. The highest BCUT2D eigenvalue weighted by molar-refractivity contribution is 5.68. The Balaban J connectivity index is 3.65. The summed E-state index contributed by atoms with van der Waals surface area (Å²) in [4.78, 5) is 11.1. The zero-order valence-electron chi connectivity index (χ0n) is 19.9. The van der Waals surface area contributed by atoms with Crippen molar-refractivity contribution < 1.29 is 19.5 Å². The number of hydrogen-bond donors (Lipinski definition) is 2. The second kappa shape index (κ2) is 16.9. The largest absolute Gasteiger partial charge is 0.481 e. The fourth-order valence-corrected chi connectivity index (χ4v) is 4.09. The number of carboxylic acid groups (broad SMARTS) is 1. The molecule has 0 fully saturated rings. The maximum atomic E-state index is 11.1. The monoisotopic (exact) mass is 412 g/mol. The van der Waals surface area contributed by atoms with Gasteiger partial charge in [-0.25, -0.2) is 0 Å². The summed E-state index contributed by atoms with van der Waals surface area (Å²) < 4.78 is 0.580. The van der Waals surface area contributed by atoms with E-state index in [9.17, 15) is 9.90 Å². The van der Waals surface area contributed by atoms with Crippen LogP contribution in [0.3, 0.4) is 0 Å². The van der Waals surface area contributed by atoms with Gasteiger partial charge in [0, 0.05) is 0 Å². The third-order valence-corrected chi connectivity index (χ3v) is 5.40. The minimum atomic E-state index is -1.09. The lowest BCUT2D eigenvalue weighted by molar-refractivity contribution is -0.877. The van der Waals surface area contributed by atoms with Gasteiger partial charge >= 0.3 is 5.97 Å². The SMILES string of the molecule is CCCCCCCC/C=C\CCCCCCCCC(O)(CC(=O)O)C[N+](C)(C)C. The van der Waals surface area contributed by atoms with Crippen LogP contribution in [0.15, 0.2) is 12.2 Å². The van der Waals surface area contributed by atoms with Gasteiger partial charge in [-0.3, -0.25) is 4.79 Å². The Bertz CT molecular complexity index is 428. The van der Waals surface area contributed by atoms with Crippen molar-refractivity contribution in [2.45, 2.75) is 115 Å². The first-order valence-electron chi connectivity index (χ1n) is 12.1. The van der Waals surface area contributed by atoms with Crippen LogP contribution in [0.4, 0.5) is 0 Å². The predicted molar refractivity (Wildman–Crippen MR) is 124 cm³/mol. The average molecular weight is 413 g/mol. The number of quaternary nitrogens is 1. The van der Waals surface area contributed by atoms with Crippen LogP contribution in [0.25, 0.3) is 0 Å². The van der Waals surface area contributed by atoms with E-state index >= 15 is 0 Å². The number of carboxylic acids is 1. The Hall–Kier alpha value is -0.870. The van der Waals surface area contributed by atoms with E-state index < -0.39 is 11.6 Å². The smallest absolute Gasteiger partial charge is 0.306 e. The van der Waals surface area contributed by atoms with Crippen LogP contribution in [0.1, 0.15) is 110 Å². The van der Waals surface area contributed by atoms with E-state index in [1.165, 1.54) is 77.0 Å². The number of likely N-dealkylation sites (N-methyl/N-ethyl adjacent to an activating group) is 1. The number of nitrogens with zero attached hydrogens (tertiary/aromatic N) is 1. The van der Waals surface area contributed by atoms with Crippen molar-refractivity contribution in [1.82, 2.24) is 0 Å². The number of rotatable bonds is 20. The van der Waals surface area contributed by atoms with Gasteiger partial charge in [-0.15, -0.1) is 0 Å². The Morgan fingerprint density at radius 3 is 1.69 bits per heavy atom. The first kappa shape index (κ1) is 28.1. The van der Waals surface area contributed by atoms with Gasteiger partial charge < -0.3 is 14.7 Å². The summed E-state index contributed by atoms with van der Waals surface area (Å²) >= 11 is 0. The number of carbonyl (C=O) groups is 1. The van der Waals surface area contributed by atoms with Gasteiger partial charge in [-0.1, -0.05) is 83.3 Å². The maximum absolute atomic E-state index is 11.1. The van der Waals surface area contributed by atoms with E-state index in [1.54, 1.807) is 0 Å². The van der Waals surface area contributed by atoms with Gasteiger partial charge in [0.05, 0.1) is 27.6 Å². The topological polar surface area (TPSA) is 57.5 Å². The van der Waals surface area contributed by atoms with Crippen LogP contribution in [0.2, 0.25) is 0 Å². The molecule has 0 aliphatic rings. The fourth-order valence-electron chi connectivity index (χ4n) is 4.09. The normalized spacial score (nSPS) is 14.4. The van der Waals surface area contributed by atoms with Crippen molar-refractivity contribution in [2.75, 3.05) is 27.7 Å². The molecule has 0 spiro atoms. The standard InChI is InChI=1S/C25H49NO3/c1-5-6-7-8-9-10-11-12-13-14-15-16-17-18-19-20-21-25(29,22-24(27)28)23-26(2,3)4/h12-13,29H,5-11,14-23H2,1-4H3/p+1/b13-12-. The number of allylic oxidation sites excluding steroid dienone is 2. The van der Waals surface area contributed by atoms with Gasteiger partial charge in [0.25, 0.3) is 0 Å². The molecule has 4 heteroatoms. The zero-order valence-corrected chi connectivity index (χ0v) is 19.9. The van der Waals surface area contributed by atoms with Crippen molar-refractivity contribution in [1.29, 1.82) is 0 Å². The zero-order chi connectivity index (χ0) is 22.0. The minimum absolute atomic E-state index is 0.159. The van der Waals surface area contributed by atoms with Crippen LogP contribution < -0.4 is 0 Å². The van der Waals surface area contributed by atoms with E-state index in [0.717, 1.165) is 12.8 Å². The fraction of sp³-hybridized carbons (Fsp3) is 0.880. The molecule has 172 valence electrons. The van der Waals surface area contributed by atoms with Crippen LogP contribution in [0.5, 0.6) is 0 Å². The number of hydrogen-bond acceptors (Lipinski definition) is 2. The van der Waals surface area contributed by atoms with Crippen LogP contribution in [-0.2, 0) is 4.79 Å². The van der Waals surface area contributed by atoms with E-state index in [-0.39, 0.29) is 6.42 Å². The lowest BCUT2D eigenvalue weighted by atomic mass is 9.91. The summed E-state index contributed by atoms with van der Waals surface area (Å²) in [5, 5.41) is 19.8. The minimum Gasteiger partial charge on any atom is -0.481 e. The van der Waals surface area contributed by atoms with Crippen molar-refractivity contribution in [3.63, 3.8) is 0 Å². The Kier molecular flexibility index (Phi) is 16.4. The summed E-state index contributed by atoms with van der Waals surface area (Å²) in [5.74, 6) is -0.912. The van der Waals surface area contributed by atoms with Crippen LogP contribution in [-0.4, -0.2) is 54.0 Å². The molecule has 0 rings (SSSR count). The molecule has 2 N–H and O–H groups in total. The molecule has 0 saturated heterocycles. The van der Waals surface area contributed by atoms with E-state index in [1.807, 2.05) is 21.1 Å². The first-order valence-corrected chi connectivity index (χ1v) is 12.1. The van der Waals surface area contributed by atoms with Crippen LogP contribution >= 0.6 is 0 Å². The molecule has 0 aromatic carbocycles. The summed E-state index contributed by atoms with van der Waals surface area (Å²) in [6.07, 6.45) is 22.7. The molecule has 0 saturated carbocycles. The molecule has 1 unspecified atom stereocenters. The Morgan fingerprint density at radius 1 is 0.793 bits per heavy atom. The summed E-state index contributed by atoms with van der Waals surface area (Å²) in [7, 11) is 5.98. The van der Waals surface area contributed by atoms with E-state index in [4.69, 9.17) is 5.11 Å². The molecule has 0 amide bonds. The van der Waals surface area contributed by atoms with Crippen molar-refractivity contribution >= 4 is 5.97 Å². The molecule has 0 aromatic rings. The Labute approximate surface area is 181 Å². The molecule has 1 atom stereocenters. The highest BCUT2D eigenvalue weighted by Gasteiger charge is 2.35. The van der Waals surface area contributed by atoms with Crippen molar-refractivity contribution in [3.05, 3.63) is 12.2 Å². The Morgan fingerprint density at radius 2 is 1.24 bits per heavy atom. The van der Waals surface area contributed by atoms with E-state index in [2.05, 4.69) is 19.1 Å². The first-order chi connectivity index (χ1) is 13.7. The lowest BCUT2D eigenvalue weighted by Crippen LogP contribution is -2.50. The quantitative estimate of drug-likeness (QED) is 0.140. The van der Waals surface area contributed by atoms with Crippen LogP contribution in [0, 0.1) is 0 Å². The van der Waals surface area contributed by atoms with Crippen molar-refractivity contribution in [2.24, 2.45) is 0 Å². The molecular formula is C25H50NO3+. The van der Waals surface area contributed by atoms with Gasteiger partial charge in [0.2, 0.25) is 0 Å². The predicted octanol–water partition coefficient (Wildman–Crippen LogP) is 6.33. The maximum Gasteiger partial charge on any atom is 0.306 e. The molecule has 29 heavy (non-hydrogen) atoms. The van der Waals surface area contributed by atoms with Gasteiger partial charge in [0.15, 0.2) is 0 Å². The average Bonchev–Trinajstić information content (AvgIpc) is 2.59. The molecule has 0 aromatic heterocycles. The highest BCUT2D eigenvalue weighted by Crippen LogP contribution is 2.23. The van der Waals surface area contributed by atoms with Gasteiger partial charge in [0.1, 0.15) is 12.1 Å². The summed E-state index contributed by atoms with van der Waals surface area (Å²) in [6, 6.07) is 0. The number of aliphatic hydroxyl groups is 1. The van der Waals surface area contributed by atoms with Crippen molar-refractivity contribution in [3.8, 4) is 0 Å². The lowest BCUT2D eigenvalue weighted by Gasteiger charge is -2.34. The second-order valence-corrected chi connectivity index (χ2v) is 9.93.